The number of rotatable bonds is 4. The summed E-state index contributed by atoms with van der Waals surface area (Å²) >= 11 is 0. The molecule has 0 fully saturated rings. The smallest absolute Gasteiger partial charge is 0.222 e. The normalized spacial score (nSPS) is 10.7. The molecule has 0 radical (unpaired) electrons. The van der Waals surface area contributed by atoms with Crippen molar-refractivity contribution in [3.63, 3.8) is 0 Å². The number of nitriles is 1. The van der Waals surface area contributed by atoms with E-state index in [1.54, 1.807) is 12.4 Å². The summed E-state index contributed by atoms with van der Waals surface area (Å²) in [5.74, 6) is 0.727. The van der Waals surface area contributed by atoms with Gasteiger partial charge in [-0.05, 0) is 19.1 Å². The van der Waals surface area contributed by atoms with Crippen LogP contribution in [0.25, 0.3) is 33.3 Å². The predicted molar refractivity (Wildman–Crippen MR) is 106 cm³/mol. The monoisotopic (exact) mass is 355 g/mol. The lowest BCUT2D eigenvalue weighted by molar-refractivity contribution is 1.09. The Labute approximate surface area is 155 Å². The number of benzene rings is 1. The molecule has 7 nitrogen and oxygen atoms in total. The molecule has 132 valence electrons. The van der Waals surface area contributed by atoms with Crippen molar-refractivity contribution in [2.24, 2.45) is 0 Å². The summed E-state index contributed by atoms with van der Waals surface area (Å²) in [6.07, 6.45) is 5.26. The minimum atomic E-state index is 0.186. The second-order valence-corrected chi connectivity index (χ2v) is 6.00. The second-order valence-electron chi connectivity index (χ2n) is 6.00. The maximum Gasteiger partial charge on any atom is 0.222 e. The van der Waals surface area contributed by atoms with Crippen LogP contribution >= 0.6 is 0 Å². The Morgan fingerprint density at radius 3 is 2.70 bits per heavy atom. The van der Waals surface area contributed by atoms with Crippen LogP contribution in [0.3, 0.4) is 0 Å². The molecular formula is C20H17N7. The molecule has 0 aliphatic heterocycles. The largest absolute Gasteiger partial charge is 0.383 e. The molecule has 0 spiro atoms. The van der Waals surface area contributed by atoms with E-state index in [0.29, 0.717) is 28.3 Å². The zero-order valence-electron chi connectivity index (χ0n) is 14.7. The Balaban J connectivity index is 1.88. The fraction of sp³-hybridized carbons (Fsp3) is 0.100. The molecule has 1 aromatic carbocycles. The average Bonchev–Trinajstić information content (AvgIpc) is 3.12. The Kier molecular flexibility index (Phi) is 4.15. The lowest BCUT2D eigenvalue weighted by Crippen LogP contribution is -2.03. The number of H-pyrrole nitrogens is 1. The zero-order valence-corrected chi connectivity index (χ0v) is 14.7. The molecule has 3 heterocycles. The molecule has 7 heteroatoms. The van der Waals surface area contributed by atoms with Crippen molar-refractivity contribution in [3.05, 3.63) is 54.5 Å². The highest BCUT2D eigenvalue weighted by molar-refractivity contribution is 5.96. The van der Waals surface area contributed by atoms with E-state index in [4.69, 9.17) is 5.73 Å². The Morgan fingerprint density at radius 2 is 1.96 bits per heavy atom. The van der Waals surface area contributed by atoms with Crippen molar-refractivity contribution in [3.8, 4) is 28.5 Å². The summed E-state index contributed by atoms with van der Waals surface area (Å²) in [6, 6.07) is 12.0. The Hall–Kier alpha value is -3.92. The predicted octanol–water partition coefficient (Wildman–Crippen LogP) is 3.57. The van der Waals surface area contributed by atoms with Crippen LogP contribution in [0.15, 0.2) is 48.9 Å². The third-order valence-electron chi connectivity index (χ3n) is 4.32. The summed E-state index contributed by atoms with van der Waals surface area (Å²) in [4.78, 5) is 16.3. The van der Waals surface area contributed by atoms with Crippen LogP contribution in [0.1, 0.15) is 12.5 Å². The van der Waals surface area contributed by atoms with E-state index in [-0.39, 0.29) is 5.82 Å². The molecule has 0 unspecified atom stereocenters. The van der Waals surface area contributed by atoms with Gasteiger partial charge in [-0.25, -0.2) is 15.0 Å². The van der Waals surface area contributed by atoms with Crippen molar-refractivity contribution >= 4 is 22.7 Å². The van der Waals surface area contributed by atoms with E-state index in [9.17, 15) is 5.26 Å². The van der Waals surface area contributed by atoms with Gasteiger partial charge in [0.25, 0.3) is 0 Å². The van der Waals surface area contributed by atoms with Crippen molar-refractivity contribution in [1.82, 2.24) is 19.9 Å². The highest BCUT2D eigenvalue weighted by Gasteiger charge is 2.16. The zero-order chi connectivity index (χ0) is 18.8. The molecule has 4 rings (SSSR count). The summed E-state index contributed by atoms with van der Waals surface area (Å²) in [5.41, 5.74) is 10.4. The van der Waals surface area contributed by atoms with Crippen LogP contribution in [0.5, 0.6) is 0 Å². The maximum atomic E-state index is 9.56. The molecule has 0 amide bonds. The number of pyridine rings is 1. The molecular weight excluding hydrogens is 338 g/mol. The van der Waals surface area contributed by atoms with Crippen molar-refractivity contribution < 1.29 is 0 Å². The number of nitrogens with one attached hydrogen (secondary N) is 2. The van der Waals surface area contributed by atoms with Crippen LogP contribution in [0, 0.1) is 11.3 Å². The molecule has 0 saturated heterocycles. The number of para-hydroxylation sites is 1. The Bertz CT molecular complexity index is 1150. The van der Waals surface area contributed by atoms with Gasteiger partial charge in [-0.1, -0.05) is 18.2 Å². The summed E-state index contributed by atoms with van der Waals surface area (Å²) in [5, 5.41) is 13.7. The lowest BCUT2D eigenvalue weighted by Gasteiger charge is -2.10. The van der Waals surface area contributed by atoms with E-state index in [1.807, 2.05) is 43.5 Å². The van der Waals surface area contributed by atoms with E-state index < -0.39 is 0 Å². The van der Waals surface area contributed by atoms with E-state index in [1.165, 1.54) is 0 Å². The molecule has 0 aliphatic carbocycles. The lowest BCUT2D eigenvalue weighted by atomic mass is 10.0. The van der Waals surface area contributed by atoms with Gasteiger partial charge in [-0.2, -0.15) is 5.26 Å². The minimum Gasteiger partial charge on any atom is -0.383 e. The quantitative estimate of drug-likeness (QED) is 0.515. The molecule has 27 heavy (non-hydrogen) atoms. The summed E-state index contributed by atoms with van der Waals surface area (Å²) in [7, 11) is 0. The van der Waals surface area contributed by atoms with Crippen molar-refractivity contribution in [2.75, 3.05) is 17.6 Å². The van der Waals surface area contributed by atoms with Gasteiger partial charge in [0, 0.05) is 52.7 Å². The van der Waals surface area contributed by atoms with Gasteiger partial charge in [-0.3, -0.25) is 0 Å². The van der Waals surface area contributed by atoms with Gasteiger partial charge in [0.1, 0.15) is 17.5 Å². The molecule has 3 aromatic heterocycles. The molecule has 4 N–H and O–H groups in total. The number of aromatic amines is 1. The average molecular weight is 355 g/mol. The first-order valence-electron chi connectivity index (χ1n) is 8.54. The second kappa shape index (κ2) is 6.77. The fourth-order valence-electron chi connectivity index (χ4n) is 3.05. The van der Waals surface area contributed by atoms with Crippen LogP contribution in [0.2, 0.25) is 0 Å². The number of anilines is 2. The van der Waals surface area contributed by atoms with Gasteiger partial charge in [0.05, 0.1) is 5.69 Å². The first-order valence-corrected chi connectivity index (χ1v) is 8.54. The van der Waals surface area contributed by atoms with Crippen LogP contribution in [-0.2, 0) is 0 Å². The highest BCUT2D eigenvalue weighted by atomic mass is 15.1. The van der Waals surface area contributed by atoms with E-state index in [0.717, 1.165) is 23.0 Å². The van der Waals surface area contributed by atoms with Gasteiger partial charge >= 0.3 is 0 Å². The summed E-state index contributed by atoms with van der Waals surface area (Å²) in [6.45, 7) is 2.71. The van der Waals surface area contributed by atoms with Crippen molar-refractivity contribution in [2.45, 2.75) is 6.92 Å². The molecule has 0 atom stereocenters. The van der Waals surface area contributed by atoms with Crippen LogP contribution in [0.4, 0.5) is 11.8 Å². The SMILES string of the molecule is CCNc1ncc(-c2cc(-c3c[nH]c4ccccc34)nc(N)c2C#N)cn1. The minimum absolute atomic E-state index is 0.186. The number of nitrogens with zero attached hydrogens (tertiary/aromatic N) is 4. The number of fused-ring (bicyclic) bond motifs is 1. The number of nitrogen functional groups attached to an aromatic ring is 1. The number of hydrogen-bond donors (Lipinski definition) is 3. The molecule has 4 aromatic rings. The van der Waals surface area contributed by atoms with Gasteiger partial charge in [0.2, 0.25) is 5.95 Å². The molecule has 0 saturated carbocycles. The molecule has 0 bridgehead atoms. The maximum absolute atomic E-state index is 9.56. The fourth-order valence-corrected chi connectivity index (χ4v) is 3.05. The van der Waals surface area contributed by atoms with Crippen molar-refractivity contribution in [1.29, 1.82) is 5.26 Å². The third-order valence-corrected chi connectivity index (χ3v) is 4.32. The van der Waals surface area contributed by atoms with E-state index >= 15 is 0 Å². The number of aromatic nitrogens is 4. The van der Waals surface area contributed by atoms with Crippen LogP contribution < -0.4 is 11.1 Å². The highest BCUT2D eigenvalue weighted by Crippen LogP contribution is 2.33. The Morgan fingerprint density at radius 1 is 1.19 bits per heavy atom. The third kappa shape index (κ3) is 2.93. The molecule has 0 aliphatic rings. The number of hydrogen-bond acceptors (Lipinski definition) is 6. The number of nitrogens with two attached hydrogens (primary N) is 1. The van der Waals surface area contributed by atoms with Gasteiger partial charge in [0.15, 0.2) is 0 Å². The van der Waals surface area contributed by atoms with Gasteiger partial charge in [-0.15, -0.1) is 0 Å². The van der Waals surface area contributed by atoms with Gasteiger partial charge < -0.3 is 16.0 Å². The topological polar surface area (TPSA) is 116 Å². The first kappa shape index (κ1) is 16.5. The first-order chi connectivity index (χ1) is 13.2. The standard InChI is InChI=1S/C20H17N7/c1-2-23-20-25-9-12(10-26-20)14-7-18(27-19(22)15(14)8-21)16-11-24-17-6-4-3-5-13(16)17/h3-7,9-11,24H,2H2,1H3,(H2,22,27)(H,23,25,26). The van der Waals surface area contributed by atoms with Crippen LogP contribution in [-0.4, -0.2) is 26.5 Å². The van der Waals surface area contributed by atoms with E-state index in [2.05, 4.69) is 31.3 Å². The summed E-state index contributed by atoms with van der Waals surface area (Å²) < 4.78 is 0.